The van der Waals surface area contributed by atoms with E-state index in [1.54, 1.807) is 19.1 Å². The third kappa shape index (κ3) is 2.72. The van der Waals surface area contributed by atoms with Crippen LogP contribution in [-0.4, -0.2) is 4.92 Å². The molecule has 2 aromatic carbocycles. The van der Waals surface area contributed by atoms with Crippen LogP contribution in [0.1, 0.15) is 11.1 Å². The molecule has 5 nitrogen and oxygen atoms in total. The Hall–Kier alpha value is -2.94. The summed E-state index contributed by atoms with van der Waals surface area (Å²) in [7, 11) is 0. The van der Waals surface area contributed by atoms with E-state index in [1.807, 2.05) is 6.07 Å². The van der Waals surface area contributed by atoms with Crippen molar-refractivity contribution in [2.75, 3.05) is 0 Å². The summed E-state index contributed by atoms with van der Waals surface area (Å²) in [5.74, 6) is -0.0669. The Morgan fingerprint density at radius 1 is 1.30 bits per heavy atom. The third-order valence-electron chi connectivity index (χ3n) is 2.67. The largest absolute Gasteiger partial charge is 0.456 e. The lowest BCUT2D eigenvalue weighted by Gasteiger charge is -2.08. The minimum absolute atomic E-state index is 0.0141. The van der Waals surface area contributed by atoms with Crippen LogP contribution in [0.25, 0.3) is 0 Å². The SMILES string of the molecule is Cc1ccc(Oc2ccc([N+](=O)[O-])cc2C#N)cc1F. The number of aryl methyl sites for hydroxylation is 1. The zero-order valence-electron chi connectivity index (χ0n) is 10.5. The molecule has 0 saturated heterocycles. The van der Waals surface area contributed by atoms with Gasteiger partial charge in [-0.05, 0) is 24.6 Å². The standard InChI is InChI=1S/C14H9FN2O3/c1-9-2-4-12(7-13(9)15)20-14-5-3-11(17(18)19)6-10(14)8-16/h2-7H,1H3. The van der Waals surface area contributed by atoms with Crippen LogP contribution in [0, 0.1) is 34.2 Å². The summed E-state index contributed by atoms with van der Waals surface area (Å²) in [6.07, 6.45) is 0. The second-order valence-corrected chi connectivity index (χ2v) is 4.06. The highest BCUT2D eigenvalue weighted by molar-refractivity contribution is 5.51. The summed E-state index contributed by atoms with van der Waals surface area (Å²) in [5, 5.41) is 19.6. The fourth-order valence-corrected chi connectivity index (χ4v) is 1.57. The van der Waals surface area contributed by atoms with E-state index in [-0.39, 0.29) is 22.7 Å². The molecule has 100 valence electrons. The normalized spacial score (nSPS) is 9.85. The maximum atomic E-state index is 13.4. The van der Waals surface area contributed by atoms with Crippen LogP contribution in [0.15, 0.2) is 36.4 Å². The van der Waals surface area contributed by atoms with Crippen molar-refractivity contribution in [2.45, 2.75) is 6.92 Å². The van der Waals surface area contributed by atoms with E-state index in [4.69, 9.17) is 10.00 Å². The van der Waals surface area contributed by atoms with Crippen molar-refractivity contribution >= 4 is 5.69 Å². The summed E-state index contributed by atoms with van der Waals surface area (Å²) in [4.78, 5) is 10.0. The average Bonchev–Trinajstić information content (AvgIpc) is 2.43. The first-order valence-corrected chi connectivity index (χ1v) is 5.64. The topological polar surface area (TPSA) is 76.2 Å². The van der Waals surface area contributed by atoms with E-state index in [0.717, 1.165) is 6.07 Å². The zero-order chi connectivity index (χ0) is 14.7. The molecule has 2 rings (SSSR count). The monoisotopic (exact) mass is 272 g/mol. The summed E-state index contributed by atoms with van der Waals surface area (Å²) < 4.78 is 18.8. The van der Waals surface area contributed by atoms with Crippen molar-refractivity contribution in [3.05, 3.63) is 63.5 Å². The Bertz CT molecular complexity index is 723. The molecule has 2 aromatic rings. The molecule has 6 heteroatoms. The molecule has 0 spiro atoms. The first-order chi connectivity index (χ1) is 9.51. The Labute approximate surface area is 114 Å². The van der Waals surface area contributed by atoms with Crippen molar-refractivity contribution in [1.29, 1.82) is 5.26 Å². The van der Waals surface area contributed by atoms with Gasteiger partial charge in [-0.2, -0.15) is 5.26 Å². The number of non-ortho nitro benzene ring substituents is 1. The molecule has 0 aliphatic rings. The first-order valence-electron chi connectivity index (χ1n) is 5.64. The lowest BCUT2D eigenvalue weighted by atomic mass is 10.2. The fraction of sp³-hybridized carbons (Fsp3) is 0.0714. The minimum atomic E-state index is -0.601. The van der Waals surface area contributed by atoms with Crippen molar-refractivity contribution < 1.29 is 14.1 Å². The second-order valence-electron chi connectivity index (χ2n) is 4.06. The van der Waals surface area contributed by atoms with E-state index in [9.17, 15) is 14.5 Å². The summed E-state index contributed by atoms with van der Waals surface area (Å²) in [6.45, 7) is 1.62. The van der Waals surface area contributed by atoms with Crippen LogP contribution < -0.4 is 4.74 Å². The summed E-state index contributed by atoms with van der Waals surface area (Å²) in [5.41, 5.74) is 0.283. The molecule has 0 bridgehead atoms. The quantitative estimate of drug-likeness (QED) is 0.630. The van der Waals surface area contributed by atoms with Crippen molar-refractivity contribution in [3.8, 4) is 17.6 Å². The van der Waals surface area contributed by atoms with Crippen LogP contribution >= 0.6 is 0 Å². The van der Waals surface area contributed by atoms with Gasteiger partial charge in [0.1, 0.15) is 28.9 Å². The molecule has 0 fully saturated rings. The van der Waals surface area contributed by atoms with Gasteiger partial charge < -0.3 is 4.74 Å². The molecule has 0 N–H and O–H groups in total. The maximum Gasteiger partial charge on any atom is 0.271 e. The number of halogens is 1. The molecule has 0 aliphatic carbocycles. The number of hydrogen-bond acceptors (Lipinski definition) is 4. The molecule has 0 aromatic heterocycles. The molecule has 0 aliphatic heterocycles. The Morgan fingerprint density at radius 3 is 2.65 bits per heavy atom. The summed E-state index contributed by atoms with van der Waals surface area (Å²) >= 11 is 0. The zero-order valence-corrected chi connectivity index (χ0v) is 10.5. The van der Waals surface area contributed by atoms with Gasteiger partial charge >= 0.3 is 0 Å². The van der Waals surface area contributed by atoms with Gasteiger partial charge in [0.2, 0.25) is 0 Å². The molecular formula is C14H9FN2O3. The van der Waals surface area contributed by atoms with Gasteiger partial charge in [-0.15, -0.1) is 0 Å². The molecule has 0 radical (unpaired) electrons. The molecule has 0 atom stereocenters. The lowest BCUT2D eigenvalue weighted by Crippen LogP contribution is -1.93. The second kappa shape index (κ2) is 5.36. The van der Waals surface area contributed by atoms with Crippen molar-refractivity contribution in [2.24, 2.45) is 0 Å². The lowest BCUT2D eigenvalue weighted by molar-refractivity contribution is -0.384. The number of hydrogen-bond donors (Lipinski definition) is 0. The number of rotatable bonds is 3. The molecule has 0 saturated carbocycles. The van der Waals surface area contributed by atoms with Gasteiger partial charge in [-0.25, -0.2) is 4.39 Å². The van der Waals surface area contributed by atoms with Crippen molar-refractivity contribution in [3.63, 3.8) is 0 Å². The number of nitrogens with zero attached hydrogens (tertiary/aromatic N) is 2. The van der Waals surface area contributed by atoms with E-state index in [1.165, 1.54) is 18.2 Å². The minimum Gasteiger partial charge on any atom is -0.456 e. The number of nitro benzene ring substituents is 1. The van der Waals surface area contributed by atoms with Gasteiger partial charge in [0.05, 0.1) is 4.92 Å². The van der Waals surface area contributed by atoms with Crippen LogP contribution in [0.4, 0.5) is 10.1 Å². The number of nitro groups is 1. The first kappa shape index (κ1) is 13.5. The average molecular weight is 272 g/mol. The maximum absolute atomic E-state index is 13.4. The van der Waals surface area contributed by atoms with Crippen molar-refractivity contribution in [1.82, 2.24) is 0 Å². The molecular weight excluding hydrogens is 263 g/mol. The van der Waals surface area contributed by atoms with E-state index >= 15 is 0 Å². The van der Waals surface area contributed by atoms with E-state index in [2.05, 4.69) is 0 Å². The van der Waals surface area contributed by atoms with Crippen LogP contribution in [0.2, 0.25) is 0 Å². The third-order valence-corrected chi connectivity index (χ3v) is 2.67. The number of benzene rings is 2. The summed E-state index contributed by atoms with van der Waals surface area (Å²) in [6, 6.07) is 9.75. The Morgan fingerprint density at radius 2 is 2.05 bits per heavy atom. The predicted octanol–water partition coefficient (Wildman–Crippen LogP) is 3.71. The Kier molecular flexibility index (Phi) is 3.62. The highest BCUT2D eigenvalue weighted by atomic mass is 19.1. The van der Waals surface area contributed by atoms with E-state index < -0.39 is 10.7 Å². The number of ether oxygens (including phenoxy) is 1. The molecule has 0 unspecified atom stereocenters. The number of nitriles is 1. The van der Waals surface area contributed by atoms with E-state index in [0.29, 0.717) is 5.56 Å². The van der Waals surface area contributed by atoms with Gasteiger partial charge in [0.15, 0.2) is 0 Å². The predicted molar refractivity (Wildman–Crippen MR) is 69.0 cm³/mol. The van der Waals surface area contributed by atoms with Gasteiger partial charge in [-0.3, -0.25) is 10.1 Å². The fourth-order valence-electron chi connectivity index (χ4n) is 1.57. The van der Waals surface area contributed by atoms with Crippen LogP contribution in [0.3, 0.4) is 0 Å². The highest BCUT2D eigenvalue weighted by Crippen LogP contribution is 2.29. The van der Waals surface area contributed by atoms with Gasteiger partial charge in [0.25, 0.3) is 5.69 Å². The van der Waals surface area contributed by atoms with Crippen LogP contribution in [0.5, 0.6) is 11.5 Å². The smallest absolute Gasteiger partial charge is 0.271 e. The van der Waals surface area contributed by atoms with Crippen LogP contribution in [-0.2, 0) is 0 Å². The molecule has 0 heterocycles. The Balaban J connectivity index is 2.36. The van der Waals surface area contributed by atoms with Gasteiger partial charge in [-0.1, -0.05) is 6.07 Å². The highest BCUT2D eigenvalue weighted by Gasteiger charge is 2.12. The molecule has 0 amide bonds. The van der Waals surface area contributed by atoms with Gasteiger partial charge in [0, 0.05) is 18.2 Å². The molecule has 20 heavy (non-hydrogen) atoms.